The molecule has 1 aromatic rings. The molecule has 1 aliphatic rings. The van der Waals surface area contributed by atoms with Crippen molar-refractivity contribution in [3.05, 3.63) is 17.7 Å². The monoisotopic (exact) mass is 284 g/mol. The fourth-order valence-electron chi connectivity index (χ4n) is 2.85. The Hall–Kier alpha value is -1.09. The zero-order chi connectivity index (χ0) is 13.8. The highest BCUT2D eigenvalue weighted by Gasteiger charge is 2.29. The molecular weight excluding hydrogens is 264 g/mol. The number of benzene rings is 1. The van der Waals surface area contributed by atoms with Gasteiger partial charge in [0.25, 0.3) is 0 Å². The average Bonchev–Trinajstić information content (AvgIpc) is 2.98. The van der Waals surface area contributed by atoms with Gasteiger partial charge in [-0.15, -0.1) is 11.6 Å². The maximum Gasteiger partial charge on any atom is 0.203 e. The molecule has 0 N–H and O–H groups in total. The zero-order valence-electron chi connectivity index (χ0n) is 11.7. The SMILES string of the molecule is COc1ccc(C(Cl)C2CCCC2)c(OC)c1OC. The fourth-order valence-corrected chi connectivity index (χ4v) is 3.27. The van der Waals surface area contributed by atoms with Gasteiger partial charge in [-0.3, -0.25) is 0 Å². The lowest BCUT2D eigenvalue weighted by atomic mass is 9.96. The van der Waals surface area contributed by atoms with E-state index in [4.69, 9.17) is 25.8 Å². The lowest BCUT2D eigenvalue weighted by molar-refractivity contribution is 0.320. The van der Waals surface area contributed by atoms with Gasteiger partial charge in [-0.2, -0.15) is 0 Å². The van der Waals surface area contributed by atoms with Crippen LogP contribution in [-0.2, 0) is 0 Å². The van der Waals surface area contributed by atoms with Crippen LogP contribution in [0.15, 0.2) is 12.1 Å². The minimum Gasteiger partial charge on any atom is -0.493 e. The molecule has 1 aliphatic carbocycles. The summed E-state index contributed by atoms with van der Waals surface area (Å²) in [5.74, 6) is 2.49. The number of halogens is 1. The zero-order valence-corrected chi connectivity index (χ0v) is 12.5. The van der Waals surface area contributed by atoms with Crippen molar-refractivity contribution in [2.75, 3.05) is 21.3 Å². The summed E-state index contributed by atoms with van der Waals surface area (Å²) in [5, 5.41) is -0.0303. The second kappa shape index (κ2) is 6.38. The van der Waals surface area contributed by atoms with Crippen molar-refractivity contribution in [1.29, 1.82) is 0 Å². The summed E-state index contributed by atoms with van der Waals surface area (Å²) >= 11 is 6.64. The number of alkyl halides is 1. The van der Waals surface area contributed by atoms with E-state index in [1.165, 1.54) is 25.7 Å². The molecule has 0 saturated heterocycles. The molecule has 3 nitrogen and oxygen atoms in total. The molecule has 0 aliphatic heterocycles. The minimum absolute atomic E-state index is 0.0303. The Labute approximate surface area is 119 Å². The Bertz CT molecular complexity index is 428. The van der Waals surface area contributed by atoms with Gasteiger partial charge in [0.2, 0.25) is 5.75 Å². The number of hydrogen-bond acceptors (Lipinski definition) is 3. The summed E-state index contributed by atoms with van der Waals surface area (Å²) in [6.07, 6.45) is 4.91. The van der Waals surface area contributed by atoms with Crippen molar-refractivity contribution >= 4 is 11.6 Å². The first-order chi connectivity index (χ1) is 9.22. The molecule has 0 radical (unpaired) electrons. The van der Waals surface area contributed by atoms with Crippen LogP contribution in [0, 0.1) is 5.92 Å². The summed E-state index contributed by atoms with van der Waals surface area (Å²) in [5.41, 5.74) is 0.994. The highest BCUT2D eigenvalue weighted by molar-refractivity contribution is 6.21. The van der Waals surface area contributed by atoms with Gasteiger partial charge < -0.3 is 14.2 Å². The van der Waals surface area contributed by atoms with Crippen LogP contribution >= 0.6 is 11.6 Å². The summed E-state index contributed by atoms with van der Waals surface area (Å²) in [4.78, 5) is 0. The van der Waals surface area contributed by atoms with Crippen molar-refractivity contribution in [2.24, 2.45) is 5.92 Å². The van der Waals surface area contributed by atoms with E-state index < -0.39 is 0 Å². The number of ether oxygens (including phenoxy) is 3. The van der Waals surface area contributed by atoms with Crippen LogP contribution in [0.4, 0.5) is 0 Å². The molecule has 0 bridgehead atoms. The molecule has 2 rings (SSSR count). The first kappa shape index (κ1) is 14.3. The van der Waals surface area contributed by atoms with E-state index in [2.05, 4.69) is 0 Å². The van der Waals surface area contributed by atoms with E-state index in [-0.39, 0.29) is 5.38 Å². The average molecular weight is 285 g/mol. The van der Waals surface area contributed by atoms with Crippen molar-refractivity contribution in [1.82, 2.24) is 0 Å². The highest BCUT2D eigenvalue weighted by Crippen LogP contribution is 2.48. The van der Waals surface area contributed by atoms with Crippen LogP contribution < -0.4 is 14.2 Å². The van der Waals surface area contributed by atoms with E-state index >= 15 is 0 Å². The van der Waals surface area contributed by atoms with Gasteiger partial charge in [0.15, 0.2) is 11.5 Å². The second-order valence-electron chi connectivity index (χ2n) is 4.87. The Kier molecular flexibility index (Phi) is 4.81. The lowest BCUT2D eigenvalue weighted by Gasteiger charge is -2.22. The normalized spacial score (nSPS) is 17.3. The molecule has 1 fully saturated rings. The Morgan fingerprint density at radius 2 is 1.63 bits per heavy atom. The first-order valence-electron chi connectivity index (χ1n) is 6.65. The molecule has 0 heterocycles. The fraction of sp³-hybridized carbons (Fsp3) is 0.600. The molecule has 1 saturated carbocycles. The van der Waals surface area contributed by atoms with E-state index in [0.717, 1.165) is 5.56 Å². The van der Waals surface area contributed by atoms with Crippen LogP contribution in [0.5, 0.6) is 17.2 Å². The third-order valence-electron chi connectivity index (χ3n) is 3.85. The Morgan fingerprint density at radius 3 is 2.16 bits per heavy atom. The smallest absolute Gasteiger partial charge is 0.203 e. The van der Waals surface area contributed by atoms with E-state index in [1.807, 2.05) is 12.1 Å². The number of hydrogen-bond donors (Lipinski definition) is 0. The van der Waals surface area contributed by atoms with Gasteiger partial charge >= 0.3 is 0 Å². The number of methoxy groups -OCH3 is 3. The second-order valence-corrected chi connectivity index (χ2v) is 5.34. The van der Waals surface area contributed by atoms with E-state index in [0.29, 0.717) is 23.2 Å². The maximum atomic E-state index is 6.64. The number of rotatable bonds is 5. The standard InChI is InChI=1S/C15H21ClO3/c1-17-12-9-8-11(14(18-2)15(12)19-3)13(16)10-6-4-5-7-10/h8-10,13H,4-7H2,1-3H3. The van der Waals surface area contributed by atoms with Crippen molar-refractivity contribution < 1.29 is 14.2 Å². The molecule has 0 spiro atoms. The van der Waals surface area contributed by atoms with Gasteiger partial charge in [0, 0.05) is 5.56 Å². The van der Waals surface area contributed by atoms with Crippen LogP contribution in [0.2, 0.25) is 0 Å². The van der Waals surface area contributed by atoms with Crippen LogP contribution in [0.3, 0.4) is 0 Å². The Morgan fingerprint density at radius 1 is 1.00 bits per heavy atom. The summed E-state index contributed by atoms with van der Waals surface area (Å²) in [6.45, 7) is 0. The largest absolute Gasteiger partial charge is 0.493 e. The van der Waals surface area contributed by atoms with Gasteiger partial charge in [-0.05, 0) is 30.9 Å². The quantitative estimate of drug-likeness (QED) is 0.759. The van der Waals surface area contributed by atoms with Gasteiger partial charge in [0.05, 0.1) is 26.7 Å². The van der Waals surface area contributed by atoms with Gasteiger partial charge in [-0.1, -0.05) is 12.8 Å². The Balaban J connectivity index is 2.38. The minimum atomic E-state index is -0.0303. The molecule has 1 aromatic carbocycles. The molecule has 0 aromatic heterocycles. The predicted octanol–water partition coefficient (Wildman–Crippen LogP) is 4.18. The van der Waals surface area contributed by atoms with Crippen LogP contribution in [0.25, 0.3) is 0 Å². The molecule has 1 atom stereocenters. The maximum absolute atomic E-state index is 6.64. The molecule has 4 heteroatoms. The third-order valence-corrected chi connectivity index (χ3v) is 4.44. The first-order valence-corrected chi connectivity index (χ1v) is 7.09. The van der Waals surface area contributed by atoms with E-state index in [9.17, 15) is 0 Å². The van der Waals surface area contributed by atoms with Crippen molar-refractivity contribution in [3.8, 4) is 17.2 Å². The molecule has 106 valence electrons. The molecular formula is C15H21ClO3. The molecule has 19 heavy (non-hydrogen) atoms. The topological polar surface area (TPSA) is 27.7 Å². The van der Waals surface area contributed by atoms with Crippen LogP contribution in [0.1, 0.15) is 36.6 Å². The van der Waals surface area contributed by atoms with Crippen molar-refractivity contribution in [3.63, 3.8) is 0 Å². The molecule has 0 amide bonds. The summed E-state index contributed by atoms with van der Waals surface area (Å²) in [6, 6.07) is 3.87. The van der Waals surface area contributed by atoms with Crippen LogP contribution in [-0.4, -0.2) is 21.3 Å². The van der Waals surface area contributed by atoms with Gasteiger partial charge in [-0.25, -0.2) is 0 Å². The summed E-state index contributed by atoms with van der Waals surface area (Å²) < 4.78 is 16.2. The summed E-state index contributed by atoms with van der Waals surface area (Å²) in [7, 11) is 4.87. The third kappa shape index (κ3) is 2.76. The molecule has 1 unspecified atom stereocenters. The lowest BCUT2D eigenvalue weighted by Crippen LogP contribution is -2.07. The van der Waals surface area contributed by atoms with E-state index in [1.54, 1.807) is 21.3 Å². The predicted molar refractivity (Wildman–Crippen MR) is 76.7 cm³/mol. The van der Waals surface area contributed by atoms with Gasteiger partial charge in [0.1, 0.15) is 0 Å². The van der Waals surface area contributed by atoms with Crippen molar-refractivity contribution in [2.45, 2.75) is 31.1 Å². The highest BCUT2D eigenvalue weighted by atomic mass is 35.5.